The van der Waals surface area contributed by atoms with Gasteiger partial charge in [0.2, 0.25) is 0 Å². The van der Waals surface area contributed by atoms with Gasteiger partial charge < -0.3 is 12.3 Å². The molecule has 0 saturated heterocycles. The predicted molar refractivity (Wildman–Crippen MR) is 109 cm³/mol. The van der Waals surface area contributed by atoms with E-state index in [1.165, 1.54) is 0 Å². The Morgan fingerprint density at radius 2 is 0.920 bits per heavy atom. The smallest absolute Gasteiger partial charge is 0.419 e. The molecule has 0 aliphatic heterocycles. The van der Waals surface area contributed by atoms with Crippen LogP contribution < -0.4 is 0 Å². The van der Waals surface area contributed by atoms with Gasteiger partial charge in [0.15, 0.2) is 33.3 Å². The van der Waals surface area contributed by atoms with Gasteiger partial charge in [-0.2, -0.15) is 0 Å². The van der Waals surface area contributed by atoms with Crippen LogP contribution in [0.1, 0.15) is 41.5 Å². The van der Waals surface area contributed by atoms with Gasteiger partial charge >= 0.3 is 8.80 Å². The summed E-state index contributed by atoms with van der Waals surface area (Å²) in [7, 11) is -8.28. The van der Waals surface area contributed by atoms with Crippen molar-refractivity contribution < 1.29 is 25.5 Å². The second kappa shape index (κ2) is 13.7. The van der Waals surface area contributed by atoms with E-state index >= 15 is 0 Å². The molecule has 0 radical (unpaired) electrons. The summed E-state index contributed by atoms with van der Waals surface area (Å²) in [5.74, 6) is 0. The van der Waals surface area contributed by atoms with E-state index in [1.54, 1.807) is 0 Å². The first-order valence-corrected chi connectivity index (χ1v) is 18.0. The third kappa shape index (κ3) is 9.34. The molecule has 25 heavy (non-hydrogen) atoms. The molecule has 1 unspecified atom stereocenters. The molecule has 0 rings (SSSR count). The SMILES string of the molecule is CC[SiH](CC)O[Si](CC(F)C(F)F)(O[SiH](CC)CC)O[SiH](CC)CC. The van der Waals surface area contributed by atoms with Gasteiger partial charge in [0.25, 0.3) is 6.43 Å². The molecule has 3 nitrogen and oxygen atoms in total. The molecule has 1 atom stereocenters. The number of halogens is 3. The number of rotatable bonds is 15. The molecule has 0 fully saturated rings. The largest absolute Gasteiger partial charge is 0.472 e. The maximum absolute atomic E-state index is 14.1. The van der Waals surface area contributed by atoms with Crippen molar-refractivity contribution in [3.63, 3.8) is 0 Å². The van der Waals surface area contributed by atoms with Crippen LogP contribution in [0.25, 0.3) is 0 Å². The third-order valence-electron chi connectivity index (χ3n) is 4.49. The highest BCUT2D eigenvalue weighted by Crippen LogP contribution is 2.29. The minimum Gasteiger partial charge on any atom is -0.419 e. The van der Waals surface area contributed by atoms with Crippen molar-refractivity contribution in [2.75, 3.05) is 0 Å². The molecule has 0 aliphatic rings. The zero-order chi connectivity index (χ0) is 19.5. The lowest BCUT2D eigenvalue weighted by atomic mass is 10.5. The van der Waals surface area contributed by atoms with Crippen molar-refractivity contribution in [1.29, 1.82) is 0 Å². The molecule has 10 heteroatoms. The normalized spacial score (nSPS) is 14.3. The lowest BCUT2D eigenvalue weighted by Crippen LogP contribution is -2.56. The van der Waals surface area contributed by atoms with E-state index in [2.05, 4.69) is 0 Å². The van der Waals surface area contributed by atoms with Crippen LogP contribution in [-0.2, 0) is 12.3 Å². The number of hydrogen-bond donors (Lipinski definition) is 0. The Morgan fingerprint density at radius 3 is 1.12 bits per heavy atom. The monoisotopic (exact) mass is 434 g/mol. The minimum atomic E-state index is -3.41. The molecule has 152 valence electrons. The quantitative estimate of drug-likeness (QED) is 0.344. The first-order valence-electron chi connectivity index (χ1n) is 9.76. The van der Waals surface area contributed by atoms with Crippen molar-refractivity contribution >= 4 is 35.9 Å². The molecule has 0 bridgehead atoms. The zero-order valence-electron chi connectivity index (χ0n) is 16.7. The average molecular weight is 435 g/mol. The van der Waals surface area contributed by atoms with Gasteiger partial charge in [0.1, 0.15) is 0 Å². The Hall–Kier alpha value is 0.538. The van der Waals surface area contributed by atoms with Gasteiger partial charge in [-0.3, -0.25) is 0 Å². The Morgan fingerprint density at radius 1 is 0.640 bits per heavy atom. The molecule has 0 aliphatic carbocycles. The average Bonchev–Trinajstić information content (AvgIpc) is 2.61. The molecule has 0 aromatic rings. The third-order valence-corrected chi connectivity index (χ3v) is 19.2. The summed E-state index contributed by atoms with van der Waals surface area (Å²) in [6.07, 6.45) is -5.25. The van der Waals surface area contributed by atoms with Crippen molar-refractivity contribution in [2.45, 2.75) is 96.4 Å². The molecule has 0 saturated carbocycles. The molecule has 0 spiro atoms. The van der Waals surface area contributed by atoms with Crippen LogP contribution in [0.15, 0.2) is 0 Å². The summed E-state index contributed by atoms with van der Waals surface area (Å²) in [4.78, 5) is 0. The van der Waals surface area contributed by atoms with Crippen molar-refractivity contribution in [3.05, 3.63) is 0 Å². The van der Waals surface area contributed by atoms with Gasteiger partial charge in [-0.15, -0.1) is 0 Å². The van der Waals surface area contributed by atoms with E-state index < -0.39 is 48.5 Å². The summed E-state index contributed by atoms with van der Waals surface area (Å²) in [5.41, 5.74) is 0. The Balaban J connectivity index is 5.70. The van der Waals surface area contributed by atoms with Gasteiger partial charge in [-0.1, -0.05) is 41.5 Å². The maximum atomic E-state index is 14.1. The predicted octanol–water partition coefficient (Wildman–Crippen LogP) is 4.87. The van der Waals surface area contributed by atoms with Gasteiger partial charge in [0.05, 0.1) is 6.04 Å². The van der Waals surface area contributed by atoms with Crippen molar-refractivity contribution in [3.8, 4) is 0 Å². The maximum Gasteiger partial charge on any atom is 0.472 e. The highest BCUT2D eigenvalue weighted by atomic mass is 28.5. The minimum absolute atomic E-state index is 0.388. The fraction of sp³-hybridized carbons (Fsp3) is 1.00. The van der Waals surface area contributed by atoms with Crippen LogP contribution in [0.5, 0.6) is 0 Å². The summed E-state index contributed by atoms with van der Waals surface area (Å²) in [6.45, 7) is 12.3. The molecule has 0 heterocycles. The van der Waals surface area contributed by atoms with E-state index in [1.807, 2.05) is 41.5 Å². The summed E-state index contributed by atoms with van der Waals surface area (Å²) in [5, 5.41) is 0. The second-order valence-electron chi connectivity index (χ2n) is 6.41. The van der Waals surface area contributed by atoms with Gasteiger partial charge in [0, 0.05) is 0 Å². The van der Waals surface area contributed by atoms with E-state index in [4.69, 9.17) is 12.3 Å². The van der Waals surface area contributed by atoms with E-state index in [-0.39, 0.29) is 6.04 Å². The van der Waals surface area contributed by atoms with Gasteiger partial charge in [-0.05, 0) is 36.3 Å². The Bertz CT molecular complexity index is 286. The first-order chi connectivity index (χ1) is 11.8. The fourth-order valence-corrected chi connectivity index (χ4v) is 18.5. The second-order valence-corrected chi connectivity index (χ2v) is 19.6. The highest BCUT2D eigenvalue weighted by Gasteiger charge is 2.49. The molecule has 0 N–H and O–H groups in total. The zero-order valence-corrected chi connectivity index (χ0v) is 21.2. The first kappa shape index (κ1) is 25.5. The molecular weight excluding hydrogens is 398 g/mol. The number of hydrogen-bond acceptors (Lipinski definition) is 3. The van der Waals surface area contributed by atoms with Crippen LogP contribution >= 0.6 is 0 Å². The standard InChI is InChI=1S/C15H37F3O3Si4/c1-7-22(8-2)19-25(13-14(16)15(17)18,20-23(9-3)10-4)21-24(11-5)12-6/h14-15,22-24H,7-13H2,1-6H3. The van der Waals surface area contributed by atoms with Gasteiger partial charge in [-0.25, -0.2) is 13.2 Å². The molecule has 0 aromatic heterocycles. The Kier molecular flexibility index (Phi) is 14.0. The molecule has 0 amide bonds. The molecular formula is C15H37F3O3Si4. The van der Waals surface area contributed by atoms with E-state index in [9.17, 15) is 13.2 Å². The highest BCUT2D eigenvalue weighted by molar-refractivity contribution is 6.81. The summed E-state index contributed by atoms with van der Waals surface area (Å²) in [6, 6.07) is 4.85. The molecule has 0 aromatic carbocycles. The summed E-state index contributed by atoms with van der Waals surface area (Å²) >= 11 is 0. The van der Waals surface area contributed by atoms with Crippen LogP contribution in [0.2, 0.25) is 42.3 Å². The fourth-order valence-electron chi connectivity index (χ4n) is 2.68. The van der Waals surface area contributed by atoms with Crippen LogP contribution in [0.3, 0.4) is 0 Å². The van der Waals surface area contributed by atoms with Crippen LogP contribution in [0, 0.1) is 0 Å². The topological polar surface area (TPSA) is 27.7 Å². The lowest BCUT2D eigenvalue weighted by Gasteiger charge is -2.39. The van der Waals surface area contributed by atoms with Crippen molar-refractivity contribution in [2.24, 2.45) is 0 Å². The van der Waals surface area contributed by atoms with Crippen LogP contribution in [-0.4, -0.2) is 48.5 Å². The number of alkyl halides is 3. The van der Waals surface area contributed by atoms with Crippen molar-refractivity contribution in [1.82, 2.24) is 0 Å². The van der Waals surface area contributed by atoms with Crippen LogP contribution in [0.4, 0.5) is 13.2 Å². The Labute approximate surface area is 158 Å². The lowest BCUT2D eigenvalue weighted by molar-refractivity contribution is 0.0520. The van der Waals surface area contributed by atoms with E-state index in [0.717, 1.165) is 36.3 Å². The summed E-state index contributed by atoms with van der Waals surface area (Å²) < 4.78 is 59.1. The van der Waals surface area contributed by atoms with E-state index in [0.29, 0.717) is 0 Å².